The number of rotatable bonds is 9. The summed E-state index contributed by atoms with van der Waals surface area (Å²) in [6.07, 6.45) is 1.39. The van der Waals surface area contributed by atoms with Crippen molar-refractivity contribution in [3.05, 3.63) is 64.2 Å². The summed E-state index contributed by atoms with van der Waals surface area (Å²) >= 11 is 3.34. The Balaban J connectivity index is 1.53. The van der Waals surface area contributed by atoms with Gasteiger partial charge in [0.1, 0.15) is 11.6 Å². The number of benzene rings is 2. The number of halogens is 2. The minimum Gasteiger partial charge on any atom is -0.497 e. The summed E-state index contributed by atoms with van der Waals surface area (Å²) < 4.78 is 25.2. The van der Waals surface area contributed by atoms with Crippen molar-refractivity contribution < 1.29 is 18.4 Å². The van der Waals surface area contributed by atoms with E-state index < -0.39 is 0 Å². The first-order valence-electron chi connectivity index (χ1n) is 9.69. The molecular weight excluding hydrogens is 453 g/mol. The molecular formula is C22H23BrFN3O3. The highest BCUT2D eigenvalue weighted by molar-refractivity contribution is 9.10. The number of methoxy groups -OCH3 is 1. The minimum absolute atomic E-state index is 0.0354. The molecule has 0 aliphatic heterocycles. The lowest BCUT2D eigenvalue weighted by Gasteiger charge is -2.21. The predicted molar refractivity (Wildman–Crippen MR) is 114 cm³/mol. The zero-order valence-electron chi connectivity index (χ0n) is 16.9. The van der Waals surface area contributed by atoms with Crippen LogP contribution in [0.25, 0.3) is 11.4 Å². The first kappa shape index (κ1) is 22.0. The highest BCUT2D eigenvalue weighted by atomic mass is 79.9. The van der Waals surface area contributed by atoms with Crippen molar-refractivity contribution in [2.24, 2.45) is 0 Å². The van der Waals surface area contributed by atoms with Crippen LogP contribution in [0.1, 0.15) is 31.2 Å². The van der Waals surface area contributed by atoms with Crippen LogP contribution in [0.4, 0.5) is 4.39 Å². The molecule has 6 nitrogen and oxygen atoms in total. The van der Waals surface area contributed by atoms with Gasteiger partial charge in [0.2, 0.25) is 17.6 Å². The summed E-state index contributed by atoms with van der Waals surface area (Å²) in [6, 6.07) is 12.1. The van der Waals surface area contributed by atoms with Crippen molar-refractivity contribution in [3.63, 3.8) is 0 Å². The fourth-order valence-corrected chi connectivity index (χ4v) is 3.42. The maximum Gasteiger partial charge on any atom is 0.226 e. The monoisotopic (exact) mass is 475 g/mol. The SMILES string of the molecule is CCN(Cc1cc(Br)ccc1F)C(=O)CCCc1nc(-c2ccc(OC)cc2)no1. The second-order valence-electron chi connectivity index (χ2n) is 6.74. The van der Waals surface area contributed by atoms with Gasteiger partial charge in [0, 0.05) is 41.5 Å². The van der Waals surface area contributed by atoms with Gasteiger partial charge in [-0.15, -0.1) is 0 Å². The quantitative estimate of drug-likeness (QED) is 0.434. The number of carbonyl (C=O) groups is 1. The zero-order valence-corrected chi connectivity index (χ0v) is 18.5. The van der Waals surface area contributed by atoms with E-state index in [-0.39, 0.29) is 18.3 Å². The molecule has 1 aromatic heterocycles. The van der Waals surface area contributed by atoms with Crippen molar-refractivity contribution >= 4 is 21.8 Å². The molecule has 0 aliphatic rings. The largest absolute Gasteiger partial charge is 0.497 e. The third-order valence-electron chi connectivity index (χ3n) is 4.70. The molecule has 0 N–H and O–H groups in total. The standard InChI is InChI=1S/C22H23BrFN3O3/c1-3-27(14-16-13-17(23)9-12-19(16)24)21(28)6-4-5-20-25-22(26-30-20)15-7-10-18(29-2)11-8-15/h7-13H,3-6,14H2,1-2H3. The maximum atomic E-state index is 14.0. The first-order valence-corrected chi connectivity index (χ1v) is 10.5. The third kappa shape index (κ3) is 5.66. The zero-order chi connectivity index (χ0) is 21.5. The Hall–Kier alpha value is -2.74. The molecule has 0 fully saturated rings. The molecule has 0 saturated heterocycles. The van der Waals surface area contributed by atoms with Gasteiger partial charge in [0.25, 0.3) is 0 Å². The lowest BCUT2D eigenvalue weighted by Crippen LogP contribution is -2.30. The summed E-state index contributed by atoms with van der Waals surface area (Å²) in [6.45, 7) is 2.63. The molecule has 0 radical (unpaired) electrons. The number of nitrogens with zero attached hydrogens (tertiary/aromatic N) is 3. The van der Waals surface area contributed by atoms with E-state index in [2.05, 4.69) is 26.1 Å². The molecule has 8 heteroatoms. The van der Waals surface area contributed by atoms with Crippen LogP contribution in [-0.4, -0.2) is 34.6 Å². The minimum atomic E-state index is -0.318. The van der Waals surface area contributed by atoms with Crippen LogP contribution >= 0.6 is 15.9 Å². The molecule has 3 aromatic rings. The van der Waals surface area contributed by atoms with Crippen molar-refractivity contribution in [1.82, 2.24) is 15.0 Å². The average Bonchev–Trinajstić information content (AvgIpc) is 3.23. The van der Waals surface area contributed by atoms with Crippen LogP contribution in [0.15, 0.2) is 51.5 Å². The molecule has 0 bridgehead atoms. The van der Waals surface area contributed by atoms with Gasteiger partial charge in [-0.25, -0.2) is 4.39 Å². The van der Waals surface area contributed by atoms with Gasteiger partial charge in [0.05, 0.1) is 7.11 Å². The number of hydrogen-bond donors (Lipinski definition) is 0. The van der Waals surface area contributed by atoms with Crippen LogP contribution in [-0.2, 0) is 17.8 Å². The summed E-state index contributed by atoms with van der Waals surface area (Å²) in [5.41, 5.74) is 1.32. The smallest absolute Gasteiger partial charge is 0.226 e. The Morgan fingerprint density at radius 3 is 2.70 bits per heavy atom. The predicted octanol–water partition coefficient (Wildman–Crippen LogP) is 5.02. The fraction of sp³-hybridized carbons (Fsp3) is 0.318. The van der Waals surface area contributed by atoms with Gasteiger partial charge < -0.3 is 14.2 Å². The van der Waals surface area contributed by atoms with Gasteiger partial charge in [-0.05, 0) is 55.8 Å². The molecule has 158 valence electrons. The maximum absolute atomic E-state index is 14.0. The summed E-state index contributed by atoms with van der Waals surface area (Å²) in [4.78, 5) is 18.6. The van der Waals surface area contributed by atoms with E-state index in [4.69, 9.17) is 9.26 Å². The second kappa shape index (κ2) is 10.3. The molecule has 1 heterocycles. The molecule has 0 unspecified atom stereocenters. The molecule has 1 amide bonds. The van der Waals surface area contributed by atoms with E-state index in [1.165, 1.54) is 6.07 Å². The summed E-state index contributed by atoms with van der Waals surface area (Å²) in [5.74, 6) is 1.38. The lowest BCUT2D eigenvalue weighted by atomic mass is 10.1. The Bertz CT molecular complexity index is 992. The average molecular weight is 476 g/mol. The van der Waals surface area contributed by atoms with Crippen LogP contribution < -0.4 is 4.74 Å². The Labute approximate surface area is 183 Å². The van der Waals surface area contributed by atoms with Gasteiger partial charge in [0.15, 0.2) is 0 Å². The lowest BCUT2D eigenvalue weighted by molar-refractivity contribution is -0.131. The van der Waals surface area contributed by atoms with Crippen LogP contribution in [0.2, 0.25) is 0 Å². The highest BCUT2D eigenvalue weighted by Gasteiger charge is 2.16. The number of ether oxygens (including phenoxy) is 1. The van der Waals surface area contributed by atoms with Crippen LogP contribution in [0.3, 0.4) is 0 Å². The normalized spacial score (nSPS) is 10.8. The van der Waals surface area contributed by atoms with E-state index in [1.807, 2.05) is 31.2 Å². The van der Waals surface area contributed by atoms with Crippen molar-refractivity contribution in [3.8, 4) is 17.1 Å². The highest BCUT2D eigenvalue weighted by Crippen LogP contribution is 2.21. The van der Waals surface area contributed by atoms with Crippen molar-refractivity contribution in [2.75, 3.05) is 13.7 Å². The number of amides is 1. The van der Waals surface area contributed by atoms with Crippen molar-refractivity contribution in [1.29, 1.82) is 0 Å². The van der Waals surface area contributed by atoms with Gasteiger partial charge in [-0.3, -0.25) is 4.79 Å². The second-order valence-corrected chi connectivity index (χ2v) is 7.65. The van der Waals surface area contributed by atoms with Gasteiger partial charge in [-0.1, -0.05) is 21.1 Å². The molecule has 2 aromatic carbocycles. The number of aryl methyl sites for hydroxylation is 1. The molecule has 0 aliphatic carbocycles. The van der Waals surface area contributed by atoms with E-state index >= 15 is 0 Å². The van der Waals surface area contributed by atoms with Gasteiger partial charge >= 0.3 is 0 Å². The number of carbonyl (C=O) groups excluding carboxylic acids is 1. The third-order valence-corrected chi connectivity index (χ3v) is 5.19. The number of aromatic nitrogens is 2. The van der Waals surface area contributed by atoms with E-state index in [9.17, 15) is 9.18 Å². The summed E-state index contributed by atoms with van der Waals surface area (Å²) in [5, 5.41) is 4.00. The summed E-state index contributed by atoms with van der Waals surface area (Å²) in [7, 11) is 1.61. The van der Waals surface area contributed by atoms with Gasteiger partial charge in [-0.2, -0.15) is 4.98 Å². The van der Waals surface area contributed by atoms with E-state index in [0.29, 0.717) is 43.1 Å². The molecule has 0 spiro atoms. The number of hydrogen-bond acceptors (Lipinski definition) is 5. The molecule has 3 rings (SSSR count). The molecule has 0 saturated carbocycles. The van der Waals surface area contributed by atoms with E-state index in [0.717, 1.165) is 15.8 Å². The van der Waals surface area contributed by atoms with E-state index in [1.54, 1.807) is 24.1 Å². The topological polar surface area (TPSA) is 68.5 Å². The fourth-order valence-electron chi connectivity index (χ4n) is 3.01. The molecule has 0 atom stereocenters. The Morgan fingerprint density at radius 1 is 1.23 bits per heavy atom. The Kier molecular flexibility index (Phi) is 7.57. The first-order chi connectivity index (χ1) is 14.5. The van der Waals surface area contributed by atoms with Crippen LogP contribution in [0.5, 0.6) is 5.75 Å². The molecule has 30 heavy (non-hydrogen) atoms. The van der Waals surface area contributed by atoms with Crippen LogP contribution in [0, 0.1) is 5.82 Å². The Morgan fingerprint density at radius 2 is 2.00 bits per heavy atom. The van der Waals surface area contributed by atoms with Crippen molar-refractivity contribution in [2.45, 2.75) is 32.7 Å².